The van der Waals surface area contributed by atoms with E-state index in [1.54, 1.807) is 6.07 Å². The summed E-state index contributed by atoms with van der Waals surface area (Å²) in [5, 5.41) is 13.7. The molecule has 0 bridgehead atoms. The topological polar surface area (TPSA) is 66.4 Å². The van der Waals surface area contributed by atoms with E-state index in [1.807, 2.05) is 11.4 Å². The number of nitrogens with one attached hydrogen (secondary N) is 1. The van der Waals surface area contributed by atoms with Crippen LogP contribution in [0.15, 0.2) is 17.5 Å². The minimum Gasteiger partial charge on any atom is -0.481 e. The maximum atomic E-state index is 12.0. The molecular formula is C12H15NO3S. The van der Waals surface area contributed by atoms with Crippen molar-refractivity contribution in [2.24, 2.45) is 0 Å². The molecule has 0 saturated heterocycles. The summed E-state index contributed by atoms with van der Waals surface area (Å²) in [6.45, 7) is 0. The zero-order valence-corrected chi connectivity index (χ0v) is 10.3. The summed E-state index contributed by atoms with van der Waals surface area (Å²) in [6, 6.07) is 3.57. The second-order valence-electron chi connectivity index (χ2n) is 4.49. The zero-order chi connectivity index (χ0) is 12.3. The molecule has 1 fully saturated rings. The van der Waals surface area contributed by atoms with Gasteiger partial charge in [-0.15, -0.1) is 11.3 Å². The predicted octanol–water partition coefficient (Wildman–Crippen LogP) is 2.27. The smallest absolute Gasteiger partial charge is 0.305 e. The lowest BCUT2D eigenvalue weighted by Crippen LogP contribution is -2.47. The highest BCUT2D eigenvalue weighted by Gasteiger charge is 2.37. The molecule has 1 heterocycles. The van der Waals surface area contributed by atoms with E-state index >= 15 is 0 Å². The lowest BCUT2D eigenvalue weighted by molar-refractivity contribution is -0.138. The molecule has 0 radical (unpaired) electrons. The summed E-state index contributed by atoms with van der Waals surface area (Å²) in [5.74, 6) is -0.999. The van der Waals surface area contributed by atoms with Gasteiger partial charge in [0.05, 0.1) is 16.8 Å². The Bertz CT molecular complexity index is 407. The number of aliphatic carboxylic acids is 1. The van der Waals surface area contributed by atoms with Crippen molar-refractivity contribution in [2.75, 3.05) is 0 Å². The molecular weight excluding hydrogens is 238 g/mol. The quantitative estimate of drug-likeness (QED) is 0.865. The van der Waals surface area contributed by atoms with Crippen molar-refractivity contribution in [3.8, 4) is 0 Å². The van der Waals surface area contributed by atoms with Crippen LogP contribution >= 0.6 is 11.3 Å². The molecule has 0 unspecified atom stereocenters. The van der Waals surface area contributed by atoms with Crippen LogP contribution in [0.4, 0.5) is 0 Å². The molecule has 0 spiro atoms. The third kappa shape index (κ3) is 2.85. The first-order valence-corrected chi connectivity index (χ1v) is 6.57. The third-order valence-electron chi connectivity index (χ3n) is 3.17. The van der Waals surface area contributed by atoms with Gasteiger partial charge in [-0.25, -0.2) is 0 Å². The Kier molecular flexibility index (Phi) is 3.47. The molecule has 1 amide bonds. The highest BCUT2D eigenvalue weighted by Crippen LogP contribution is 2.33. The second kappa shape index (κ2) is 4.87. The molecule has 1 aliphatic carbocycles. The molecule has 0 aliphatic heterocycles. The van der Waals surface area contributed by atoms with E-state index < -0.39 is 11.5 Å². The van der Waals surface area contributed by atoms with Gasteiger partial charge in [0.1, 0.15) is 0 Å². The standard InChI is InChI=1S/C12H15NO3S/c14-10(15)8-12(5-1-2-6-12)13-11(16)9-4-3-7-17-9/h3-4,7H,1-2,5-6,8H2,(H,13,16)(H,14,15). The molecule has 1 saturated carbocycles. The van der Waals surface area contributed by atoms with Gasteiger partial charge in [-0.2, -0.15) is 0 Å². The molecule has 2 N–H and O–H groups in total. The Morgan fingerprint density at radius 2 is 2.12 bits per heavy atom. The number of carbonyl (C=O) groups is 2. The van der Waals surface area contributed by atoms with E-state index in [0.717, 1.165) is 25.7 Å². The molecule has 1 aromatic heterocycles. The van der Waals surface area contributed by atoms with Crippen LogP contribution < -0.4 is 5.32 Å². The van der Waals surface area contributed by atoms with Gasteiger partial charge in [0, 0.05) is 0 Å². The van der Waals surface area contributed by atoms with Crippen LogP contribution in [0.3, 0.4) is 0 Å². The Morgan fingerprint density at radius 3 is 2.65 bits per heavy atom. The number of carboxylic acids is 1. The lowest BCUT2D eigenvalue weighted by atomic mass is 9.93. The molecule has 0 atom stereocenters. The monoisotopic (exact) mass is 253 g/mol. The molecule has 1 aromatic rings. The number of carboxylic acid groups (broad SMARTS) is 1. The lowest BCUT2D eigenvalue weighted by Gasteiger charge is -2.28. The predicted molar refractivity (Wildman–Crippen MR) is 65.2 cm³/mol. The van der Waals surface area contributed by atoms with Gasteiger partial charge in [-0.05, 0) is 24.3 Å². The maximum absolute atomic E-state index is 12.0. The Labute approximate surface area is 104 Å². The number of amides is 1. The van der Waals surface area contributed by atoms with E-state index in [2.05, 4.69) is 5.32 Å². The van der Waals surface area contributed by atoms with Crippen molar-refractivity contribution in [3.05, 3.63) is 22.4 Å². The number of hydrogen-bond donors (Lipinski definition) is 2. The van der Waals surface area contributed by atoms with Crippen LogP contribution in [0, 0.1) is 0 Å². The second-order valence-corrected chi connectivity index (χ2v) is 5.44. The van der Waals surface area contributed by atoms with Crippen molar-refractivity contribution in [3.63, 3.8) is 0 Å². The van der Waals surface area contributed by atoms with Crippen LogP contribution in [0.1, 0.15) is 41.8 Å². The Balaban J connectivity index is 2.08. The van der Waals surface area contributed by atoms with E-state index in [0.29, 0.717) is 4.88 Å². The van der Waals surface area contributed by atoms with Gasteiger partial charge in [-0.3, -0.25) is 9.59 Å². The Hall–Kier alpha value is -1.36. The summed E-state index contributed by atoms with van der Waals surface area (Å²) >= 11 is 1.37. The summed E-state index contributed by atoms with van der Waals surface area (Å²) in [4.78, 5) is 23.5. The van der Waals surface area contributed by atoms with Crippen molar-refractivity contribution in [2.45, 2.75) is 37.6 Å². The molecule has 92 valence electrons. The largest absolute Gasteiger partial charge is 0.481 e. The molecule has 2 rings (SSSR count). The average molecular weight is 253 g/mol. The van der Waals surface area contributed by atoms with E-state index in [1.165, 1.54) is 11.3 Å². The average Bonchev–Trinajstić information content (AvgIpc) is 2.86. The van der Waals surface area contributed by atoms with Gasteiger partial charge in [0.15, 0.2) is 0 Å². The number of thiophene rings is 1. The van der Waals surface area contributed by atoms with Crippen molar-refractivity contribution < 1.29 is 14.7 Å². The van der Waals surface area contributed by atoms with Crippen LogP contribution in [0.25, 0.3) is 0 Å². The minimum absolute atomic E-state index is 0.0180. The van der Waals surface area contributed by atoms with Gasteiger partial charge < -0.3 is 10.4 Å². The first-order valence-electron chi connectivity index (χ1n) is 5.69. The molecule has 0 aromatic carbocycles. The molecule has 4 nitrogen and oxygen atoms in total. The highest BCUT2D eigenvalue weighted by molar-refractivity contribution is 7.12. The van der Waals surface area contributed by atoms with Gasteiger partial charge in [0.25, 0.3) is 5.91 Å². The molecule has 17 heavy (non-hydrogen) atoms. The van der Waals surface area contributed by atoms with Crippen LogP contribution in [-0.4, -0.2) is 22.5 Å². The van der Waals surface area contributed by atoms with E-state index in [4.69, 9.17) is 5.11 Å². The normalized spacial score (nSPS) is 17.9. The first-order chi connectivity index (χ1) is 8.11. The number of hydrogen-bond acceptors (Lipinski definition) is 3. The fourth-order valence-corrected chi connectivity index (χ4v) is 3.02. The first kappa shape index (κ1) is 12.1. The maximum Gasteiger partial charge on any atom is 0.305 e. The van der Waals surface area contributed by atoms with Crippen molar-refractivity contribution in [1.82, 2.24) is 5.32 Å². The minimum atomic E-state index is -0.849. The molecule has 5 heteroatoms. The summed E-state index contributed by atoms with van der Waals surface area (Å²) in [5.41, 5.74) is -0.535. The van der Waals surface area contributed by atoms with Crippen LogP contribution in [0.5, 0.6) is 0 Å². The van der Waals surface area contributed by atoms with Crippen molar-refractivity contribution >= 4 is 23.2 Å². The van der Waals surface area contributed by atoms with Crippen molar-refractivity contribution in [1.29, 1.82) is 0 Å². The summed E-state index contributed by atoms with van der Waals surface area (Å²) < 4.78 is 0. The molecule has 1 aliphatic rings. The fourth-order valence-electron chi connectivity index (χ4n) is 2.40. The third-order valence-corrected chi connectivity index (χ3v) is 4.04. The van der Waals surface area contributed by atoms with E-state index in [9.17, 15) is 9.59 Å². The zero-order valence-electron chi connectivity index (χ0n) is 9.44. The summed E-state index contributed by atoms with van der Waals surface area (Å²) in [6.07, 6.45) is 3.51. The van der Waals surface area contributed by atoms with Crippen LogP contribution in [-0.2, 0) is 4.79 Å². The summed E-state index contributed by atoms with van der Waals surface area (Å²) in [7, 11) is 0. The van der Waals surface area contributed by atoms with Crippen LogP contribution in [0.2, 0.25) is 0 Å². The van der Waals surface area contributed by atoms with Gasteiger partial charge >= 0.3 is 5.97 Å². The van der Waals surface area contributed by atoms with E-state index in [-0.39, 0.29) is 12.3 Å². The highest BCUT2D eigenvalue weighted by atomic mass is 32.1. The number of rotatable bonds is 4. The fraction of sp³-hybridized carbons (Fsp3) is 0.500. The number of carbonyl (C=O) groups excluding carboxylic acids is 1. The Morgan fingerprint density at radius 1 is 1.41 bits per heavy atom. The SMILES string of the molecule is O=C(O)CC1(NC(=O)c2cccs2)CCCC1. The van der Waals surface area contributed by atoms with Gasteiger partial charge in [-0.1, -0.05) is 18.9 Å². The van der Waals surface area contributed by atoms with Gasteiger partial charge in [0.2, 0.25) is 0 Å².